The highest BCUT2D eigenvalue weighted by Crippen LogP contribution is 2.41. The first kappa shape index (κ1) is 33.6. The van der Waals surface area contributed by atoms with Crippen molar-refractivity contribution in [3.63, 3.8) is 0 Å². The molecule has 4 aromatic carbocycles. The van der Waals surface area contributed by atoms with E-state index in [2.05, 4.69) is 19.2 Å². The van der Waals surface area contributed by atoms with E-state index in [1.54, 1.807) is 24.3 Å². The molecule has 0 atom stereocenters. The molecular weight excluding hydrogens is 652 g/mol. The summed E-state index contributed by atoms with van der Waals surface area (Å²) in [5.41, 5.74) is 1.84. The second-order valence-electron chi connectivity index (χ2n) is 9.63. The van der Waals surface area contributed by atoms with E-state index in [-0.39, 0.29) is 41.7 Å². The van der Waals surface area contributed by atoms with Crippen molar-refractivity contribution in [2.75, 3.05) is 13.6 Å². The van der Waals surface area contributed by atoms with E-state index in [1.165, 1.54) is 72.0 Å². The van der Waals surface area contributed by atoms with Gasteiger partial charge in [-0.05, 0) is 72.8 Å². The SMILES string of the molecule is C=CC(=O)OCOc1ccc(C(=O)Oc2ccc(OC(=O)c3ccc(OCOC(=O)C=C)cc3)c3sc(-c4ccc(C#N)cc4)nc23)cc1. The van der Waals surface area contributed by atoms with Gasteiger partial charge in [0.1, 0.15) is 26.7 Å². The van der Waals surface area contributed by atoms with E-state index in [9.17, 15) is 24.4 Å². The van der Waals surface area contributed by atoms with Crippen LogP contribution in [0.15, 0.2) is 110 Å². The monoisotopic (exact) mass is 676 g/mol. The molecule has 49 heavy (non-hydrogen) atoms. The lowest BCUT2D eigenvalue weighted by molar-refractivity contribution is -0.145. The van der Waals surface area contributed by atoms with Gasteiger partial charge in [0, 0.05) is 17.7 Å². The predicted molar refractivity (Wildman–Crippen MR) is 176 cm³/mol. The van der Waals surface area contributed by atoms with Crippen LogP contribution < -0.4 is 18.9 Å². The molecule has 1 heterocycles. The number of aromatic nitrogens is 1. The van der Waals surface area contributed by atoms with Crippen molar-refractivity contribution < 1.29 is 47.6 Å². The van der Waals surface area contributed by atoms with Crippen molar-refractivity contribution in [3.05, 3.63) is 127 Å². The number of nitriles is 1. The van der Waals surface area contributed by atoms with Crippen molar-refractivity contribution in [2.24, 2.45) is 0 Å². The van der Waals surface area contributed by atoms with Crippen molar-refractivity contribution >= 4 is 45.4 Å². The largest absolute Gasteiger partial charge is 0.457 e. The fourth-order valence-corrected chi connectivity index (χ4v) is 5.09. The zero-order valence-corrected chi connectivity index (χ0v) is 26.3. The fourth-order valence-electron chi connectivity index (χ4n) is 4.05. The lowest BCUT2D eigenvalue weighted by Gasteiger charge is -2.10. The Hall–Kier alpha value is -6.78. The number of thiazole rings is 1. The van der Waals surface area contributed by atoms with E-state index >= 15 is 0 Å². The Morgan fingerprint density at radius 3 is 1.67 bits per heavy atom. The molecule has 0 aliphatic heterocycles. The van der Waals surface area contributed by atoms with Gasteiger partial charge in [0.2, 0.25) is 13.6 Å². The maximum atomic E-state index is 13.1. The molecule has 0 amide bonds. The summed E-state index contributed by atoms with van der Waals surface area (Å²) in [5, 5.41) is 9.72. The van der Waals surface area contributed by atoms with Gasteiger partial charge in [-0.2, -0.15) is 5.26 Å². The van der Waals surface area contributed by atoms with Crippen LogP contribution in [0.3, 0.4) is 0 Å². The highest BCUT2D eigenvalue weighted by atomic mass is 32.1. The highest BCUT2D eigenvalue weighted by molar-refractivity contribution is 7.22. The van der Waals surface area contributed by atoms with Gasteiger partial charge in [-0.3, -0.25) is 0 Å². The van der Waals surface area contributed by atoms with Crippen LogP contribution in [0.4, 0.5) is 0 Å². The molecule has 0 unspecified atom stereocenters. The first-order valence-electron chi connectivity index (χ1n) is 14.2. The Morgan fingerprint density at radius 1 is 0.694 bits per heavy atom. The minimum absolute atomic E-state index is 0.117. The molecule has 5 aromatic rings. The first-order valence-corrected chi connectivity index (χ1v) is 15.0. The molecule has 0 saturated heterocycles. The summed E-state index contributed by atoms with van der Waals surface area (Å²) < 4.78 is 32.1. The molecule has 5 rings (SSSR count). The third-order valence-corrected chi connectivity index (χ3v) is 7.62. The summed E-state index contributed by atoms with van der Waals surface area (Å²) in [6.07, 6.45) is 2.02. The molecule has 0 saturated carbocycles. The first-order chi connectivity index (χ1) is 23.8. The number of carbonyl (C=O) groups is 4. The molecule has 0 aliphatic rings. The Morgan fingerprint density at radius 2 is 1.18 bits per heavy atom. The molecule has 0 N–H and O–H groups in total. The maximum Gasteiger partial charge on any atom is 0.343 e. The van der Waals surface area contributed by atoms with Crippen molar-refractivity contribution in [1.29, 1.82) is 5.26 Å². The van der Waals surface area contributed by atoms with Gasteiger partial charge < -0.3 is 28.4 Å². The van der Waals surface area contributed by atoms with Gasteiger partial charge in [-0.1, -0.05) is 25.3 Å². The van der Waals surface area contributed by atoms with Gasteiger partial charge in [0.05, 0.1) is 22.8 Å². The Balaban J connectivity index is 1.37. The normalized spacial score (nSPS) is 10.3. The van der Waals surface area contributed by atoms with Crippen LogP contribution in [-0.4, -0.2) is 42.4 Å². The number of carbonyl (C=O) groups excluding carboxylic acids is 4. The third kappa shape index (κ3) is 8.53. The number of rotatable bonds is 13. The van der Waals surface area contributed by atoms with Crippen LogP contribution in [-0.2, 0) is 19.1 Å². The molecule has 244 valence electrons. The topological polar surface area (TPSA) is 160 Å². The zero-order chi connectivity index (χ0) is 34.8. The number of hydrogen-bond donors (Lipinski definition) is 0. The quantitative estimate of drug-likeness (QED) is 0.0585. The van der Waals surface area contributed by atoms with Crippen molar-refractivity contribution in [3.8, 4) is 39.6 Å². The molecule has 12 nitrogen and oxygen atoms in total. The maximum absolute atomic E-state index is 13.1. The summed E-state index contributed by atoms with van der Waals surface area (Å²) in [4.78, 5) is 53.3. The number of fused-ring (bicyclic) bond motifs is 1. The van der Waals surface area contributed by atoms with Crippen LogP contribution in [0, 0.1) is 11.3 Å². The fraction of sp³-hybridized carbons (Fsp3) is 0.0556. The standard InChI is InChI=1S/C36H24N2O10S/c1-3-30(39)45-20-43-26-13-9-24(10-14-26)35(41)47-28-17-18-29(33-32(28)38-34(49-33)23-7-5-22(19-37)6-8-23)48-36(42)25-11-15-27(16-12-25)44-21-46-31(40)4-2/h3-18H,1-2,20-21H2. The summed E-state index contributed by atoms with van der Waals surface area (Å²) in [6, 6.07) is 23.8. The van der Waals surface area contributed by atoms with Gasteiger partial charge >= 0.3 is 23.9 Å². The molecule has 0 fully saturated rings. The number of nitrogens with zero attached hydrogens (tertiary/aromatic N) is 2. The summed E-state index contributed by atoms with van der Waals surface area (Å²) in [6.45, 7) is 5.95. The van der Waals surface area contributed by atoms with Crippen molar-refractivity contribution in [1.82, 2.24) is 4.98 Å². The van der Waals surface area contributed by atoms with Gasteiger partial charge in [-0.15, -0.1) is 11.3 Å². The van der Waals surface area contributed by atoms with Crippen LogP contribution >= 0.6 is 11.3 Å². The van der Waals surface area contributed by atoms with E-state index in [0.29, 0.717) is 32.3 Å². The number of ether oxygens (including phenoxy) is 6. The molecule has 0 spiro atoms. The Kier molecular flexibility index (Phi) is 10.7. The molecular formula is C36H24N2O10S. The smallest absolute Gasteiger partial charge is 0.343 e. The summed E-state index contributed by atoms with van der Waals surface area (Å²) in [5.74, 6) is -1.64. The zero-order valence-electron chi connectivity index (χ0n) is 25.5. The minimum atomic E-state index is -0.690. The van der Waals surface area contributed by atoms with Gasteiger partial charge in [-0.25, -0.2) is 24.2 Å². The Bertz CT molecular complexity index is 1960. The molecule has 13 heteroatoms. The second-order valence-corrected chi connectivity index (χ2v) is 10.6. The average Bonchev–Trinajstić information content (AvgIpc) is 3.59. The van der Waals surface area contributed by atoms with E-state index in [4.69, 9.17) is 33.4 Å². The minimum Gasteiger partial charge on any atom is -0.457 e. The molecule has 0 bridgehead atoms. The summed E-state index contributed by atoms with van der Waals surface area (Å²) in [7, 11) is 0. The van der Waals surface area contributed by atoms with Gasteiger partial charge in [0.25, 0.3) is 0 Å². The number of hydrogen-bond acceptors (Lipinski definition) is 13. The van der Waals surface area contributed by atoms with Crippen LogP contribution in [0.2, 0.25) is 0 Å². The lowest BCUT2D eigenvalue weighted by Crippen LogP contribution is -2.11. The highest BCUT2D eigenvalue weighted by Gasteiger charge is 2.21. The molecule has 0 aliphatic carbocycles. The third-order valence-electron chi connectivity index (χ3n) is 6.50. The lowest BCUT2D eigenvalue weighted by atomic mass is 10.1. The molecule has 0 radical (unpaired) electrons. The number of benzene rings is 4. The van der Waals surface area contributed by atoms with E-state index in [0.717, 1.165) is 12.2 Å². The van der Waals surface area contributed by atoms with E-state index in [1.807, 2.05) is 0 Å². The Labute approximate surface area is 282 Å². The molecule has 1 aromatic heterocycles. The second kappa shape index (κ2) is 15.7. The van der Waals surface area contributed by atoms with Crippen LogP contribution in [0.25, 0.3) is 20.8 Å². The number of esters is 4. The van der Waals surface area contributed by atoms with Crippen LogP contribution in [0.5, 0.6) is 23.0 Å². The van der Waals surface area contributed by atoms with E-state index < -0.39 is 23.9 Å². The average molecular weight is 677 g/mol. The predicted octanol–water partition coefficient (Wildman–Crippen LogP) is 6.40. The van der Waals surface area contributed by atoms with Crippen molar-refractivity contribution in [2.45, 2.75) is 0 Å². The van der Waals surface area contributed by atoms with Gasteiger partial charge in [0.15, 0.2) is 11.5 Å². The summed E-state index contributed by atoms with van der Waals surface area (Å²) >= 11 is 1.20. The van der Waals surface area contributed by atoms with Crippen LogP contribution in [0.1, 0.15) is 26.3 Å².